The first kappa shape index (κ1) is 23.9. The fraction of sp³-hybridized carbons (Fsp3) is 0.310. The molecule has 7 heteroatoms. The summed E-state index contributed by atoms with van der Waals surface area (Å²) in [6, 6.07) is 22.2. The smallest absolute Gasteiger partial charge is 0.407 e. The number of benzene rings is 3. The first-order valence-electron chi connectivity index (χ1n) is 12.3. The lowest BCUT2D eigenvalue weighted by molar-refractivity contribution is -0.139. The molecule has 0 radical (unpaired) electrons. The largest absolute Gasteiger partial charge is 0.480 e. The Morgan fingerprint density at radius 3 is 2.22 bits per heavy atom. The van der Waals surface area contributed by atoms with Gasteiger partial charge in [0.15, 0.2) is 6.29 Å². The molecule has 5 rings (SSSR count). The summed E-state index contributed by atoms with van der Waals surface area (Å²) in [5.74, 6) is -0.548. The molecule has 36 heavy (non-hydrogen) atoms. The van der Waals surface area contributed by atoms with E-state index in [-0.39, 0.29) is 25.2 Å². The van der Waals surface area contributed by atoms with Crippen LogP contribution in [0.3, 0.4) is 0 Å². The highest BCUT2D eigenvalue weighted by atomic mass is 16.7. The van der Waals surface area contributed by atoms with Gasteiger partial charge in [0, 0.05) is 18.8 Å². The molecule has 0 aromatic heterocycles. The molecule has 1 aliphatic carbocycles. The molecule has 3 aromatic carbocycles. The van der Waals surface area contributed by atoms with Crippen molar-refractivity contribution in [1.82, 2.24) is 5.32 Å². The Morgan fingerprint density at radius 1 is 0.944 bits per heavy atom. The zero-order chi connectivity index (χ0) is 24.9. The van der Waals surface area contributed by atoms with Crippen LogP contribution in [0.2, 0.25) is 0 Å². The minimum absolute atomic E-state index is 0.0906. The number of nitrogens with one attached hydrogen (secondary N) is 1. The van der Waals surface area contributed by atoms with Gasteiger partial charge < -0.3 is 24.6 Å². The van der Waals surface area contributed by atoms with E-state index in [0.717, 1.165) is 47.1 Å². The Hall–Kier alpha value is -3.84. The number of hydrogen-bond acceptors (Lipinski definition) is 5. The molecule has 0 saturated carbocycles. The molecule has 7 nitrogen and oxygen atoms in total. The first-order valence-corrected chi connectivity index (χ1v) is 12.3. The van der Waals surface area contributed by atoms with Crippen LogP contribution < -0.4 is 10.1 Å². The lowest BCUT2D eigenvalue weighted by atomic mass is 9.98. The Kier molecular flexibility index (Phi) is 7.18. The Labute approximate surface area is 210 Å². The molecule has 1 heterocycles. The van der Waals surface area contributed by atoms with Gasteiger partial charge in [0.05, 0.1) is 6.61 Å². The van der Waals surface area contributed by atoms with Crippen molar-refractivity contribution in [2.24, 2.45) is 0 Å². The van der Waals surface area contributed by atoms with Gasteiger partial charge in [0.25, 0.3) is 0 Å². The van der Waals surface area contributed by atoms with Crippen molar-refractivity contribution in [2.45, 2.75) is 43.9 Å². The monoisotopic (exact) mass is 487 g/mol. The molecule has 3 aromatic rings. The lowest BCUT2D eigenvalue weighted by Gasteiger charge is -2.23. The molecule has 2 atom stereocenters. The average Bonchev–Trinajstić information content (AvgIpc) is 3.22. The minimum atomic E-state index is -1.13. The summed E-state index contributed by atoms with van der Waals surface area (Å²) in [5, 5.41) is 12.2. The standard InChI is InChI=1S/C29H29NO6/c31-28(32)26(17-19-12-14-20(15-13-19)36-27-11-5-6-16-34-27)30-29(33)35-18-25-23-9-3-1-7-21(23)22-8-2-4-10-24(22)25/h1-4,7-10,12-15,25-27H,5-6,11,16-18H2,(H,30,33)(H,31,32)/t26-,27?/m1/s1. The summed E-state index contributed by atoms with van der Waals surface area (Å²) < 4.78 is 16.9. The quantitative estimate of drug-likeness (QED) is 0.458. The Balaban J connectivity index is 1.18. The molecular weight excluding hydrogens is 458 g/mol. The van der Waals surface area contributed by atoms with E-state index in [2.05, 4.69) is 17.4 Å². The second-order valence-corrected chi connectivity index (χ2v) is 9.12. The lowest BCUT2D eigenvalue weighted by Crippen LogP contribution is -2.42. The fourth-order valence-corrected chi connectivity index (χ4v) is 4.88. The van der Waals surface area contributed by atoms with Crippen LogP contribution >= 0.6 is 0 Å². The van der Waals surface area contributed by atoms with E-state index in [1.165, 1.54) is 0 Å². The van der Waals surface area contributed by atoms with E-state index in [1.54, 1.807) is 24.3 Å². The van der Waals surface area contributed by atoms with Crippen molar-refractivity contribution >= 4 is 12.1 Å². The second kappa shape index (κ2) is 10.8. The minimum Gasteiger partial charge on any atom is -0.480 e. The molecule has 1 saturated heterocycles. The van der Waals surface area contributed by atoms with Crippen LogP contribution in [0.15, 0.2) is 72.8 Å². The van der Waals surface area contributed by atoms with E-state index in [0.29, 0.717) is 12.4 Å². The zero-order valence-corrected chi connectivity index (χ0v) is 19.9. The van der Waals surface area contributed by atoms with Crippen molar-refractivity contribution in [2.75, 3.05) is 13.2 Å². The van der Waals surface area contributed by atoms with Gasteiger partial charge in [-0.3, -0.25) is 0 Å². The maximum atomic E-state index is 12.6. The maximum absolute atomic E-state index is 12.6. The maximum Gasteiger partial charge on any atom is 0.407 e. The molecule has 2 aliphatic rings. The van der Waals surface area contributed by atoms with Gasteiger partial charge in [-0.1, -0.05) is 60.7 Å². The number of carbonyl (C=O) groups excluding carboxylic acids is 1. The van der Waals surface area contributed by atoms with E-state index in [1.807, 2.05) is 36.4 Å². The topological polar surface area (TPSA) is 94.1 Å². The zero-order valence-electron chi connectivity index (χ0n) is 19.9. The summed E-state index contributed by atoms with van der Waals surface area (Å²) in [6.45, 7) is 0.825. The molecule has 0 spiro atoms. The van der Waals surface area contributed by atoms with E-state index < -0.39 is 18.1 Å². The van der Waals surface area contributed by atoms with Crippen LogP contribution in [0.25, 0.3) is 11.1 Å². The van der Waals surface area contributed by atoms with Gasteiger partial charge in [-0.25, -0.2) is 9.59 Å². The number of rotatable bonds is 8. The summed E-state index contributed by atoms with van der Waals surface area (Å²) in [7, 11) is 0. The third-order valence-electron chi connectivity index (χ3n) is 6.70. The van der Waals surface area contributed by atoms with Crippen molar-refractivity contribution in [3.63, 3.8) is 0 Å². The van der Waals surface area contributed by atoms with Crippen LogP contribution in [0.1, 0.15) is 41.9 Å². The molecule has 1 aliphatic heterocycles. The van der Waals surface area contributed by atoms with Gasteiger partial charge in [-0.05, 0) is 52.8 Å². The van der Waals surface area contributed by atoms with Gasteiger partial charge in [0.2, 0.25) is 0 Å². The van der Waals surface area contributed by atoms with E-state index in [9.17, 15) is 14.7 Å². The number of carboxylic acids is 1. The highest BCUT2D eigenvalue weighted by molar-refractivity contribution is 5.81. The summed E-state index contributed by atoms with van der Waals surface area (Å²) in [5.41, 5.74) is 5.23. The van der Waals surface area contributed by atoms with Crippen molar-refractivity contribution in [3.8, 4) is 16.9 Å². The molecule has 0 bridgehead atoms. The van der Waals surface area contributed by atoms with Crippen molar-refractivity contribution in [3.05, 3.63) is 89.5 Å². The first-order chi connectivity index (χ1) is 17.6. The predicted molar refractivity (Wildman–Crippen MR) is 134 cm³/mol. The van der Waals surface area contributed by atoms with Crippen LogP contribution in [-0.4, -0.2) is 42.7 Å². The van der Waals surface area contributed by atoms with E-state index in [4.69, 9.17) is 14.2 Å². The number of carboxylic acid groups (broad SMARTS) is 1. The molecule has 1 fully saturated rings. The van der Waals surface area contributed by atoms with Crippen LogP contribution in [0.5, 0.6) is 5.75 Å². The summed E-state index contributed by atoms with van der Waals surface area (Å²) >= 11 is 0. The number of aliphatic carboxylic acids is 1. The molecule has 1 amide bonds. The van der Waals surface area contributed by atoms with Gasteiger partial charge >= 0.3 is 12.1 Å². The third-order valence-corrected chi connectivity index (χ3v) is 6.70. The second-order valence-electron chi connectivity index (χ2n) is 9.12. The third kappa shape index (κ3) is 5.36. The predicted octanol–water partition coefficient (Wildman–Crippen LogP) is 5.13. The summed E-state index contributed by atoms with van der Waals surface area (Å²) in [6.07, 6.45) is 2.11. The van der Waals surface area contributed by atoms with Crippen LogP contribution in [0.4, 0.5) is 4.79 Å². The number of fused-ring (bicyclic) bond motifs is 3. The van der Waals surface area contributed by atoms with Crippen LogP contribution in [-0.2, 0) is 20.7 Å². The number of carbonyl (C=O) groups is 2. The van der Waals surface area contributed by atoms with Gasteiger partial charge in [-0.2, -0.15) is 0 Å². The highest BCUT2D eigenvalue weighted by Gasteiger charge is 2.30. The average molecular weight is 488 g/mol. The SMILES string of the molecule is O=C(N[C@H](Cc1ccc(OC2CCCCO2)cc1)C(=O)O)OCC1c2ccccc2-c2ccccc21. The molecular formula is C29H29NO6. The Morgan fingerprint density at radius 2 is 1.61 bits per heavy atom. The fourth-order valence-electron chi connectivity index (χ4n) is 4.88. The number of ether oxygens (including phenoxy) is 3. The van der Waals surface area contributed by atoms with Crippen molar-refractivity contribution < 1.29 is 28.9 Å². The van der Waals surface area contributed by atoms with Crippen LogP contribution in [0, 0.1) is 0 Å². The number of alkyl carbamates (subject to hydrolysis) is 1. The highest BCUT2D eigenvalue weighted by Crippen LogP contribution is 2.44. The van der Waals surface area contributed by atoms with Gasteiger partial charge in [0.1, 0.15) is 18.4 Å². The molecule has 1 unspecified atom stereocenters. The molecule has 2 N–H and O–H groups in total. The number of hydrogen-bond donors (Lipinski definition) is 2. The normalized spacial score (nSPS) is 17.5. The molecule has 186 valence electrons. The summed E-state index contributed by atoms with van der Waals surface area (Å²) in [4.78, 5) is 24.4. The van der Waals surface area contributed by atoms with Gasteiger partial charge in [-0.15, -0.1) is 0 Å². The Bertz CT molecular complexity index is 1170. The van der Waals surface area contributed by atoms with E-state index >= 15 is 0 Å². The number of amides is 1. The van der Waals surface area contributed by atoms with Crippen molar-refractivity contribution in [1.29, 1.82) is 0 Å².